The molecule has 0 aliphatic heterocycles. The third-order valence-electron chi connectivity index (χ3n) is 3.49. The topological polar surface area (TPSA) is 21.3 Å². The van der Waals surface area contributed by atoms with Crippen LogP contribution in [0.4, 0.5) is 0 Å². The standard InChI is InChI=1S/C18H21Cl2NO/c1-13-3-5-14(6-4-13)11-16(9-10-21-2)22-18-12-15(19)7-8-17(18)20/h3-8,12,16,21H,9-11H2,1-2H3/t16-/m1/s1. The van der Waals surface area contributed by atoms with E-state index in [1.165, 1.54) is 11.1 Å². The van der Waals surface area contributed by atoms with E-state index in [2.05, 4.69) is 36.5 Å². The Balaban J connectivity index is 2.11. The predicted octanol–water partition coefficient (Wildman–Crippen LogP) is 4.90. The first kappa shape index (κ1) is 17.1. The minimum atomic E-state index is 0.0473. The molecule has 0 heterocycles. The van der Waals surface area contributed by atoms with E-state index in [0.29, 0.717) is 15.8 Å². The van der Waals surface area contributed by atoms with Gasteiger partial charge in [-0.25, -0.2) is 0 Å². The quantitative estimate of drug-likeness (QED) is 0.775. The summed E-state index contributed by atoms with van der Waals surface area (Å²) in [4.78, 5) is 0. The van der Waals surface area contributed by atoms with Gasteiger partial charge in [0.1, 0.15) is 11.9 Å². The van der Waals surface area contributed by atoms with Crippen LogP contribution in [0.5, 0.6) is 5.75 Å². The predicted molar refractivity (Wildman–Crippen MR) is 94.3 cm³/mol. The first-order valence-electron chi connectivity index (χ1n) is 7.40. The summed E-state index contributed by atoms with van der Waals surface area (Å²) in [6.45, 7) is 2.97. The van der Waals surface area contributed by atoms with Crippen molar-refractivity contribution in [2.75, 3.05) is 13.6 Å². The van der Waals surface area contributed by atoms with Crippen molar-refractivity contribution in [1.82, 2.24) is 5.32 Å². The second-order valence-electron chi connectivity index (χ2n) is 5.40. The smallest absolute Gasteiger partial charge is 0.139 e. The lowest BCUT2D eigenvalue weighted by molar-refractivity contribution is 0.191. The zero-order valence-electron chi connectivity index (χ0n) is 12.9. The van der Waals surface area contributed by atoms with Crippen LogP contribution in [0.2, 0.25) is 10.0 Å². The van der Waals surface area contributed by atoms with Crippen LogP contribution < -0.4 is 10.1 Å². The van der Waals surface area contributed by atoms with Crippen LogP contribution in [0.25, 0.3) is 0 Å². The zero-order valence-corrected chi connectivity index (χ0v) is 14.4. The SMILES string of the molecule is CNCC[C@H](Cc1ccc(C)cc1)Oc1cc(Cl)ccc1Cl. The Morgan fingerprint density at radius 3 is 2.50 bits per heavy atom. The second-order valence-corrected chi connectivity index (χ2v) is 6.24. The second kappa shape index (κ2) is 8.42. The molecule has 0 aliphatic rings. The average molecular weight is 338 g/mol. The highest BCUT2D eigenvalue weighted by Gasteiger charge is 2.14. The Bertz CT molecular complexity index is 599. The van der Waals surface area contributed by atoms with Crippen molar-refractivity contribution < 1.29 is 4.74 Å². The van der Waals surface area contributed by atoms with Crippen molar-refractivity contribution in [3.63, 3.8) is 0 Å². The molecule has 0 bridgehead atoms. The number of ether oxygens (including phenoxy) is 1. The fourth-order valence-electron chi connectivity index (χ4n) is 2.24. The van der Waals surface area contributed by atoms with Crippen LogP contribution >= 0.6 is 23.2 Å². The van der Waals surface area contributed by atoms with Gasteiger partial charge < -0.3 is 10.1 Å². The molecule has 0 aromatic heterocycles. The summed E-state index contributed by atoms with van der Waals surface area (Å²) in [5.74, 6) is 0.641. The van der Waals surface area contributed by atoms with Gasteiger partial charge in [-0.15, -0.1) is 0 Å². The lowest BCUT2D eigenvalue weighted by atomic mass is 10.0. The van der Waals surface area contributed by atoms with Crippen LogP contribution in [-0.4, -0.2) is 19.7 Å². The van der Waals surface area contributed by atoms with E-state index in [9.17, 15) is 0 Å². The molecule has 118 valence electrons. The van der Waals surface area contributed by atoms with Crippen molar-refractivity contribution in [2.45, 2.75) is 25.9 Å². The number of nitrogens with one attached hydrogen (secondary N) is 1. The number of hydrogen-bond acceptors (Lipinski definition) is 2. The summed E-state index contributed by atoms with van der Waals surface area (Å²) < 4.78 is 6.11. The number of halogens is 2. The Hall–Kier alpha value is -1.22. The Labute approximate surface area is 142 Å². The van der Waals surface area contributed by atoms with Gasteiger partial charge in [-0.2, -0.15) is 0 Å². The maximum atomic E-state index is 6.20. The summed E-state index contributed by atoms with van der Waals surface area (Å²) in [5.41, 5.74) is 2.51. The molecular weight excluding hydrogens is 317 g/mol. The largest absolute Gasteiger partial charge is 0.488 e. The first-order valence-corrected chi connectivity index (χ1v) is 8.16. The molecule has 0 saturated carbocycles. The van der Waals surface area contributed by atoms with Gasteiger partial charge in [0, 0.05) is 17.5 Å². The maximum Gasteiger partial charge on any atom is 0.139 e. The van der Waals surface area contributed by atoms with Crippen LogP contribution in [0, 0.1) is 6.92 Å². The Kier molecular flexibility index (Phi) is 6.56. The maximum absolute atomic E-state index is 6.20. The zero-order chi connectivity index (χ0) is 15.9. The molecule has 4 heteroatoms. The molecular formula is C18H21Cl2NO. The minimum Gasteiger partial charge on any atom is -0.488 e. The van der Waals surface area contributed by atoms with Gasteiger partial charge in [-0.1, -0.05) is 53.0 Å². The molecule has 2 nitrogen and oxygen atoms in total. The van der Waals surface area contributed by atoms with Crippen LogP contribution in [0.3, 0.4) is 0 Å². The van der Waals surface area contributed by atoms with E-state index >= 15 is 0 Å². The van der Waals surface area contributed by atoms with Crippen LogP contribution in [0.15, 0.2) is 42.5 Å². The first-order chi connectivity index (χ1) is 10.6. The van der Waals surface area contributed by atoms with Crippen molar-refractivity contribution in [1.29, 1.82) is 0 Å². The van der Waals surface area contributed by atoms with Crippen molar-refractivity contribution in [3.05, 3.63) is 63.6 Å². The highest BCUT2D eigenvalue weighted by Crippen LogP contribution is 2.29. The molecule has 0 aliphatic carbocycles. The minimum absolute atomic E-state index is 0.0473. The third kappa shape index (κ3) is 5.20. The molecule has 22 heavy (non-hydrogen) atoms. The molecule has 2 rings (SSSR count). The van der Waals surface area contributed by atoms with E-state index in [4.69, 9.17) is 27.9 Å². The molecule has 1 atom stereocenters. The van der Waals surface area contributed by atoms with Gasteiger partial charge in [-0.05, 0) is 44.6 Å². The van der Waals surface area contributed by atoms with Gasteiger partial charge in [0.25, 0.3) is 0 Å². The molecule has 0 amide bonds. The fraction of sp³-hybridized carbons (Fsp3) is 0.333. The van der Waals surface area contributed by atoms with E-state index in [-0.39, 0.29) is 6.10 Å². The Morgan fingerprint density at radius 1 is 1.09 bits per heavy atom. The lowest BCUT2D eigenvalue weighted by Gasteiger charge is -2.20. The number of aryl methyl sites for hydroxylation is 1. The highest BCUT2D eigenvalue weighted by atomic mass is 35.5. The van der Waals surface area contributed by atoms with Gasteiger partial charge in [0.05, 0.1) is 5.02 Å². The summed E-state index contributed by atoms with van der Waals surface area (Å²) in [6.07, 6.45) is 1.78. The van der Waals surface area contributed by atoms with Crippen molar-refractivity contribution in [2.24, 2.45) is 0 Å². The van der Waals surface area contributed by atoms with Gasteiger partial charge in [0.15, 0.2) is 0 Å². The fourth-order valence-corrected chi connectivity index (χ4v) is 2.57. The number of hydrogen-bond donors (Lipinski definition) is 1. The van der Waals surface area contributed by atoms with Crippen LogP contribution in [0.1, 0.15) is 17.5 Å². The van der Waals surface area contributed by atoms with Crippen molar-refractivity contribution in [3.8, 4) is 5.75 Å². The number of benzene rings is 2. The lowest BCUT2D eigenvalue weighted by Crippen LogP contribution is -2.25. The van der Waals surface area contributed by atoms with Gasteiger partial charge >= 0.3 is 0 Å². The molecule has 1 N–H and O–H groups in total. The molecule has 0 radical (unpaired) electrons. The summed E-state index contributed by atoms with van der Waals surface area (Å²) in [5, 5.41) is 4.38. The molecule has 0 saturated heterocycles. The molecule has 2 aromatic rings. The van der Waals surface area contributed by atoms with Crippen LogP contribution in [-0.2, 0) is 6.42 Å². The highest BCUT2D eigenvalue weighted by molar-refractivity contribution is 6.34. The average Bonchev–Trinajstić information content (AvgIpc) is 2.50. The summed E-state index contributed by atoms with van der Waals surface area (Å²) >= 11 is 12.2. The summed E-state index contributed by atoms with van der Waals surface area (Å²) in [6, 6.07) is 13.8. The molecule has 0 fully saturated rings. The molecule has 0 unspecified atom stereocenters. The third-order valence-corrected chi connectivity index (χ3v) is 4.03. The van der Waals surface area contributed by atoms with E-state index in [0.717, 1.165) is 19.4 Å². The normalized spacial score (nSPS) is 12.2. The van der Waals surface area contributed by atoms with Gasteiger partial charge in [-0.3, -0.25) is 0 Å². The van der Waals surface area contributed by atoms with E-state index in [1.54, 1.807) is 18.2 Å². The Morgan fingerprint density at radius 2 is 1.82 bits per heavy atom. The van der Waals surface area contributed by atoms with E-state index < -0.39 is 0 Å². The van der Waals surface area contributed by atoms with Gasteiger partial charge in [0.2, 0.25) is 0 Å². The monoisotopic (exact) mass is 337 g/mol. The molecule has 2 aromatic carbocycles. The molecule has 0 spiro atoms. The summed E-state index contributed by atoms with van der Waals surface area (Å²) in [7, 11) is 1.94. The number of rotatable bonds is 7. The van der Waals surface area contributed by atoms with Crippen molar-refractivity contribution >= 4 is 23.2 Å². The van der Waals surface area contributed by atoms with E-state index in [1.807, 2.05) is 7.05 Å².